The molecular weight excluding hydrogens is 195 g/mol. The first-order chi connectivity index (χ1) is 4.42. The van der Waals surface area contributed by atoms with Gasteiger partial charge in [0.05, 0.1) is 0 Å². The average molecular weight is 217 g/mol. The highest BCUT2D eigenvalue weighted by Crippen LogP contribution is 2.06. The number of nitrogens with two attached hydrogens (primary N) is 1. The zero-order chi connectivity index (χ0) is 8.20. The van der Waals surface area contributed by atoms with Crippen LogP contribution in [0.25, 0.3) is 0 Å². The molecule has 0 bridgehead atoms. The van der Waals surface area contributed by atoms with Gasteiger partial charge in [-0.25, -0.2) is 0 Å². The molecule has 12 heavy (non-hydrogen) atoms. The Morgan fingerprint density at radius 2 is 1.58 bits per heavy atom. The van der Waals surface area contributed by atoms with Gasteiger partial charge in [0.2, 0.25) is 0 Å². The highest BCUT2D eigenvalue weighted by molar-refractivity contribution is 5.85. The summed E-state index contributed by atoms with van der Waals surface area (Å²) in [6.45, 7) is 5.28. The Balaban J connectivity index is -0.000000405. The van der Waals surface area contributed by atoms with Crippen molar-refractivity contribution in [2.45, 2.75) is 32.2 Å². The Morgan fingerprint density at radius 3 is 1.83 bits per heavy atom. The molecule has 0 unspecified atom stereocenters. The molecule has 0 fully saturated rings. The third-order valence-corrected chi connectivity index (χ3v) is 1.43. The predicted molar refractivity (Wildman–Crippen MR) is 60.6 cm³/mol. The number of hydrogen-bond donors (Lipinski definition) is 1. The molecule has 4 heteroatoms. The molecule has 0 amide bonds. The van der Waals surface area contributed by atoms with Crippen LogP contribution in [0.4, 0.5) is 0 Å². The van der Waals surface area contributed by atoms with Crippen molar-refractivity contribution in [2.24, 2.45) is 5.73 Å². The van der Waals surface area contributed by atoms with E-state index in [2.05, 4.69) is 32.8 Å². The van der Waals surface area contributed by atoms with Gasteiger partial charge in [0.1, 0.15) is 0 Å². The lowest BCUT2D eigenvalue weighted by Crippen LogP contribution is -2.32. The van der Waals surface area contributed by atoms with Gasteiger partial charge >= 0.3 is 0 Å². The smallest absolute Gasteiger partial charge is 0.00975 e. The molecule has 0 saturated heterocycles. The molecule has 0 atom stereocenters. The van der Waals surface area contributed by atoms with E-state index in [4.69, 9.17) is 5.73 Å². The quantitative estimate of drug-likeness (QED) is 0.779. The van der Waals surface area contributed by atoms with Crippen molar-refractivity contribution in [3.63, 3.8) is 0 Å². The van der Waals surface area contributed by atoms with Gasteiger partial charge in [-0.2, -0.15) is 0 Å². The molecule has 2 nitrogen and oxygen atoms in total. The topological polar surface area (TPSA) is 29.3 Å². The minimum Gasteiger partial charge on any atom is -0.326 e. The number of rotatable bonds is 4. The predicted octanol–water partition coefficient (Wildman–Crippen LogP) is 1.91. The van der Waals surface area contributed by atoms with Crippen molar-refractivity contribution >= 4 is 24.8 Å². The molecule has 0 saturated carbocycles. The molecule has 0 aromatic heterocycles. The van der Waals surface area contributed by atoms with Crippen LogP contribution in [0, 0.1) is 0 Å². The second-order valence-corrected chi connectivity index (χ2v) is 3.90. The lowest BCUT2D eigenvalue weighted by atomic mass is 10.0. The van der Waals surface area contributed by atoms with Gasteiger partial charge in [-0.1, -0.05) is 0 Å². The minimum atomic E-state index is 0. The Bertz CT molecular complexity index is 89.5. The summed E-state index contributed by atoms with van der Waals surface area (Å²) >= 11 is 0. The zero-order valence-corrected chi connectivity index (χ0v) is 10.1. The maximum absolute atomic E-state index is 5.80. The van der Waals surface area contributed by atoms with Crippen LogP contribution in [0.2, 0.25) is 0 Å². The van der Waals surface area contributed by atoms with E-state index in [-0.39, 0.29) is 30.4 Å². The standard InChI is InChI=1S/C8H20N2.2ClH/c1-8(2,9)6-5-7-10(3)4;;/h5-7,9H2,1-4H3;2*1H. The van der Waals surface area contributed by atoms with E-state index in [1.54, 1.807) is 0 Å². The molecule has 0 aromatic carbocycles. The van der Waals surface area contributed by atoms with Crippen LogP contribution in [0.1, 0.15) is 26.7 Å². The second-order valence-electron chi connectivity index (χ2n) is 3.90. The Kier molecular flexibility index (Phi) is 12.4. The highest BCUT2D eigenvalue weighted by Gasteiger charge is 2.08. The fraction of sp³-hybridized carbons (Fsp3) is 1.00. The summed E-state index contributed by atoms with van der Waals surface area (Å²) < 4.78 is 0. The summed E-state index contributed by atoms with van der Waals surface area (Å²) in [6, 6.07) is 0. The number of nitrogens with zero attached hydrogens (tertiary/aromatic N) is 1. The molecule has 0 rings (SSSR count). The maximum Gasteiger partial charge on any atom is 0.00975 e. The summed E-state index contributed by atoms with van der Waals surface area (Å²) in [6.07, 6.45) is 2.29. The molecule has 0 heterocycles. The van der Waals surface area contributed by atoms with E-state index >= 15 is 0 Å². The largest absolute Gasteiger partial charge is 0.326 e. The zero-order valence-electron chi connectivity index (χ0n) is 8.46. The summed E-state index contributed by atoms with van der Waals surface area (Å²) in [5.74, 6) is 0. The first-order valence-corrected chi connectivity index (χ1v) is 3.85. The monoisotopic (exact) mass is 216 g/mol. The van der Waals surface area contributed by atoms with Crippen LogP contribution in [0.15, 0.2) is 0 Å². The van der Waals surface area contributed by atoms with Gasteiger partial charge in [0.15, 0.2) is 0 Å². The normalized spacial score (nSPS) is 10.5. The van der Waals surface area contributed by atoms with E-state index in [9.17, 15) is 0 Å². The molecule has 0 radical (unpaired) electrons. The third-order valence-electron chi connectivity index (χ3n) is 1.43. The summed E-state index contributed by atoms with van der Waals surface area (Å²) in [5, 5.41) is 0. The van der Waals surface area contributed by atoms with E-state index < -0.39 is 0 Å². The van der Waals surface area contributed by atoms with Crippen molar-refractivity contribution in [1.29, 1.82) is 0 Å². The summed E-state index contributed by atoms with van der Waals surface area (Å²) in [4.78, 5) is 2.19. The molecule has 0 aromatic rings. The third kappa shape index (κ3) is 16.8. The fourth-order valence-electron chi connectivity index (χ4n) is 0.851. The van der Waals surface area contributed by atoms with E-state index in [1.807, 2.05) is 0 Å². The number of hydrogen-bond acceptors (Lipinski definition) is 2. The van der Waals surface area contributed by atoms with Crippen LogP contribution in [-0.4, -0.2) is 31.1 Å². The van der Waals surface area contributed by atoms with E-state index in [1.165, 1.54) is 6.42 Å². The van der Waals surface area contributed by atoms with Crippen molar-refractivity contribution in [3.8, 4) is 0 Å². The van der Waals surface area contributed by atoms with Crippen LogP contribution >= 0.6 is 24.8 Å². The van der Waals surface area contributed by atoms with Gasteiger partial charge in [-0.05, 0) is 47.3 Å². The highest BCUT2D eigenvalue weighted by atomic mass is 35.5. The first kappa shape index (κ1) is 18.3. The molecule has 78 valence electrons. The molecule has 0 aliphatic rings. The Morgan fingerprint density at radius 1 is 1.17 bits per heavy atom. The lowest BCUT2D eigenvalue weighted by Gasteiger charge is -2.19. The molecular formula is C8H22Cl2N2. The fourth-order valence-corrected chi connectivity index (χ4v) is 0.851. The van der Waals surface area contributed by atoms with Gasteiger partial charge in [0.25, 0.3) is 0 Å². The van der Waals surface area contributed by atoms with E-state index in [0.29, 0.717) is 0 Å². The van der Waals surface area contributed by atoms with Crippen molar-refractivity contribution in [3.05, 3.63) is 0 Å². The summed E-state index contributed by atoms with van der Waals surface area (Å²) in [7, 11) is 4.17. The summed E-state index contributed by atoms with van der Waals surface area (Å²) in [5.41, 5.74) is 5.81. The SMILES string of the molecule is CN(C)CCCC(C)(C)N.Cl.Cl. The number of halogens is 2. The van der Waals surface area contributed by atoms with Crippen molar-refractivity contribution < 1.29 is 0 Å². The van der Waals surface area contributed by atoms with E-state index in [0.717, 1.165) is 13.0 Å². The lowest BCUT2D eigenvalue weighted by molar-refractivity contribution is 0.361. The average Bonchev–Trinajstić information content (AvgIpc) is 1.59. The second kappa shape index (κ2) is 8.11. The first-order valence-electron chi connectivity index (χ1n) is 3.85. The van der Waals surface area contributed by atoms with Crippen LogP contribution in [0.3, 0.4) is 0 Å². The molecule has 2 N–H and O–H groups in total. The van der Waals surface area contributed by atoms with Crippen molar-refractivity contribution in [2.75, 3.05) is 20.6 Å². The van der Waals surface area contributed by atoms with Crippen LogP contribution in [-0.2, 0) is 0 Å². The molecule has 0 aliphatic carbocycles. The van der Waals surface area contributed by atoms with Gasteiger partial charge in [-0.15, -0.1) is 24.8 Å². The molecule has 0 aliphatic heterocycles. The molecule has 0 spiro atoms. The van der Waals surface area contributed by atoms with Gasteiger partial charge in [-0.3, -0.25) is 0 Å². The van der Waals surface area contributed by atoms with Crippen LogP contribution in [0.5, 0.6) is 0 Å². The van der Waals surface area contributed by atoms with Gasteiger partial charge < -0.3 is 10.6 Å². The maximum atomic E-state index is 5.80. The Hall–Kier alpha value is 0.500. The van der Waals surface area contributed by atoms with Crippen molar-refractivity contribution in [1.82, 2.24) is 4.90 Å². The minimum absolute atomic E-state index is 0. The van der Waals surface area contributed by atoms with Crippen LogP contribution < -0.4 is 5.73 Å². The van der Waals surface area contributed by atoms with Gasteiger partial charge in [0, 0.05) is 5.54 Å². The Labute approximate surface area is 88.7 Å².